The summed E-state index contributed by atoms with van der Waals surface area (Å²) in [5.41, 5.74) is 1.73. The van der Waals surface area contributed by atoms with E-state index in [-0.39, 0.29) is 5.91 Å². The molecular formula is C17H21N5O2S. The van der Waals surface area contributed by atoms with Crippen LogP contribution >= 0.6 is 11.3 Å². The highest BCUT2D eigenvalue weighted by molar-refractivity contribution is 7.15. The van der Waals surface area contributed by atoms with Crippen molar-refractivity contribution >= 4 is 28.0 Å². The number of nitrogens with zero attached hydrogens (tertiary/aromatic N) is 4. The molecule has 25 heavy (non-hydrogen) atoms. The van der Waals surface area contributed by atoms with Crippen LogP contribution in [0.25, 0.3) is 5.65 Å². The van der Waals surface area contributed by atoms with E-state index in [9.17, 15) is 4.79 Å². The fourth-order valence-corrected chi connectivity index (χ4v) is 3.54. The Morgan fingerprint density at radius 2 is 2.20 bits per heavy atom. The maximum absolute atomic E-state index is 12.7. The zero-order valence-corrected chi connectivity index (χ0v) is 15.6. The summed E-state index contributed by atoms with van der Waals surface area (Å²) in [5, 5.41) is 12.4. The predicted octanol–water partition coefficient (Wildman–Crippen LogP) is 3.34. The van der Waals surface area contributed by atoms with E-state index < -0.39 is 0 Å². The number of ether oxygens (including phenoxy) is 1. The lowest BCUT2D eigenvalue weighted by Crippen LogP contribution is -2.15. The van der Waals surface area contributed by atoms with Crippen LogP contribution in [0.2, 0.25) is 0 Å². The number of imidazole rings is 1. The summed E-state index contributed by atoms with van der Waals surface area (Å²) in [6.07, 6.45) is 2.65. The van der Waals surface area contributed by atoms with Gasteiger partial charge in [-0.15, -0.1) is 10.2 Å². The summed E-state index contributed by atoms with van der Waals surface area (Å²) in [4.78, 5) is 17.2. The Balaban J connectivity index is 1.88. The molecule has 3 rings (SSSR count). The molecule has 0 saturated carbocycles. The van der Waals surface area contributed by atoms with Crippen LogP contribution in [-0.2, 0) is 6.42 Å². The Bertz CT molecular complexity index is 900. The summed E-state index contributed by atoms with van der Waals surface area (Å²) >= 11 is 1.40. The summed E-state index contributed by atoms with van der Waals surface area (Å²) in [6.45, 7) is 8.50. The van der Waals surface area contributed by atoms with Gasteiger partial charge in [-0.25, -0.2) is 4.98 Å². The van der Waals surface area contributed by atoms with Gasteiger partial charge in [0.1, 0.15) is 10.7 Å². The third-order valence-electron chi connectivity index (χ3n) is 3.57. The molecule has 0 aromatic carbocycles. The standard InChI is InChI=1S/C17H21N5O2S/c1-5-24-12-7-6-8-22-14(11(4)18-15(12)22)16(23)19-17-21-20-13(25-17)9-10(2)3/h6-8,10H,5,9H2,1-4H3,(H,19,21,23). The first-order valence-corrected chi connectivity index (χ1v) is 9.05. The van der Waals surface area contributed by atoms with Gasteiger partial charge in [-0.1, -0.05) is 25.2 Å². The molecule has 0 spiro atoms. The Morgan fingerprint density at radius 3 is 2.92 bits per heavy atom. The lowest BCUT2D eigenvalue weighted by atomic mass is 10.1. The van der Waals surface area contributed by atoms with Crippen molar-refractivity contribution in [3.05, 3.63) is 34.7 Å². The molecule has 0 atom stereocenters. The highest BCUT2D eigenvalue weighted by atomic mass is 32.1. The van der Waals surface area contributed by atoms with Crippen LogP contribution in [0.15, 0.2) is 18.3 Å². The van der Waals surface area contributed by atoms with Crippen molar-refractivity contribution in [2.75, 3.05) is 11.9 Å². The van der Waals surface area contributed by atoms with E-state index >= 15 is 0 Å². The molecule has 132 valence electrons. The van der Waals surface area contributed by atoms with Crippen molar-refractivity contribution < 1.29 is 9.53 Å². The number of pyridine rings is 1. The fourth-order valence-electron chi connectivity index (χ4n) is 2.59. The van der Waals surface area contributed by atoms with Crippen LogP contribution in [0.1, 0.15) is 42.0 Å². The van der Waals surface area contributed by atoms with Crippen molar-refractivity contribution in [1.82, 2.24) is 19.6 Å². The van der Waals surface area contributed by atoms with Crippen molar-refractivity contribution in [1.29, 1.82) is 0 Å². The van der Waals surface area contributed by atoms with Crippen LogP contribution in [0.4, 0.5) is 5.13 Å². The zero-order valence-electron chi connectivity index (χ0n) is 14.7. The molecule has 0 aliphatic heterocycles. The second-order valence-corrected chi connectivity index (χ2v) is 7.16. The summed E-state index contributed by atoms with van der Waals surface area (Å²) in [6, 6.07) is 3.68. The summed E-state index contributed by atoms with van der Waals surface area (Å²) in [5.74, 6) is 0.891. The number of aromatic nitrogens is 4. The first kappa shape index (κ1) is 17.3. The molecule has 3 aromatic rings. The van der Waals surface area contributed by atoms with Gasteiger partial charge in [0.15, 0.2) is 11.4 Å². The molecule has 0 saturated heterocycles. The maximum Gasteiger partial charge on any atom is 0.276 e. The first-order chi connectivity index (χ1) is 12.0. The molecule has 1 N–H and O–H groups in total. The van der Waals surface area contributed by atoms with Gasteiger partial charge in [-0.3, -0.25) is 14.5 Å². The molecule has 0 aliphatic rings. The van der Waals surface area contributed by atoms with Crippen molar-refractivity contribution in [2.24, 2.45) is 5.92 Å². The SMILES string of the molecule is CCOc1cccn2c(C(=O)Nc3nnc(CC(C)C)s3)c(C)nc12. The van der Waals surface area contributed by atoms with Crippen LogP contribution in [0.3, 0.4) is 0 Å². The summed E-state index contributed by atoms with van der Waals surface area (Å²) in [7, 11) is 0. The molecule has 0 fully saturated rings. The van der Waals surface area contributed by atoms with Gasteiger partial charge in [-0.05, 0) is 31.9 Å². The smallest absolute Gasteiger partial charge is 0.276 e. The molecule has 3 aromatic heterocycles. The van der Waals surface area contributed by atoms with E-state index in [4.69, 9.17) is 4.74 Å². The minimum atomic E-state index is -0.258. The monoisotopic (exact) mass is 359 g/mol. The topological polar surface area (TPSA) is 81.4 Å². The Labute approximate surface area is 150 Å². The molecule has 0 aliphatic carbocycles. The molecular weight excluding hydrogens is 338 g/mol. The normalized spacial score (nSPS) is 11.2. The Hall–Kier alpha value is -2.48. The molecule has 0 radical (unpaired) electrons. The van der Waals surface area contributed by atoms with E-state index in [1.165, 1.54) is 11.3 Å². The van der Waals surface area contributed by atoms with Gasteiger partial charge in [0.05, 0.1) is 12.3 Å². The number of nitrogens with one attached hydrogen (secondary N) is 1. The van der Waals surface area contributed by atoms with Crippen molar-refractivity contribution in [3.8, 4) is 5.75 Å². The number of hydrogen-bond acceptors (Lipinski definition) is 6. The number of anilines is 1. The highest BCUT2D eigenvalue weighted by Crippen LogP contribution is 2.24. The van der Waals surface area contributed by atoms with E-state index in [1.54, 1.807) is 10.6 Å². The quantitative estimate of drug-likeness (QED) is 0.730. The molecule has 8 heteroatoms. The number of aryl methyl sites for hydroxylation is 1. The molecule has 1 amide bonds. The summed E-state index contributed by atoms with van der Waals surface area (Å²) < 4.78 is 7.33. The predicted molar refractivity (Wildman–Crippen MR) is 97.5 cm³/mol. The minimum Gasteiger partial charge on any atom is -0.490 e. The van der Waals surface area contributed by atoms with E-state index in [0.29, 0.717) is 40.4 Å². The fraction of sp³-hybridized carbons (Fsp3) is 0.412. The number of carbonyl (C=O) groups excluding carboxylic acids is 1. The lowest BCUT2D eigenvalue weighted by Gasteiger charge is -2.06. The number of rotatable bonds is 6. The molecule has 3 heterocycles. The van der Waals surface area contributed by atoms with Gasteiger partial charge in [0.2, 0.25) is 5.13 Å². The van der Waals surface area contributed by atoms with Crippen LogP contribution in [0.5, 0.6) is 5.75 Å². The molecule has 0 bridgehead atoms. The molecule has 0 unspecified atom stereocenters. The average molecular weight is 359 g/mol. The van der Waals surface area contributed by atoms with Gasteiger partial charge in [-0.2, -0.15) is 0 Å². The van der Waals surface area contributed by atoms with Gasteiger partial charge in [0, 0.05) is 12.6 Å². The third-order valence-corrected chi connectivity index (χ3v) is 4.43. The van der Waals surface area contributed by atoms with Crippen molar-refractivity contribution in [3.63, 3.8) is 0 Å². The molecule has 7 nitrogen and oxygen atoms in total. The van der Waals surface area contributed by atoms with E-state index in [1.807, 2.05) is 26.0 Å². The van der Waals surface area contributed by atoms with Gasteiger partial charge >= 0.3 is 0 Å². The van der Waals surface area contributed by atoms with Gasteiger partial charge in [0.25, 0.3) is 5.91 Å². The van der Waals surface area contributed by atoms with Crippen LogP contribution in [0, 0.1) is 12.8 Å². The number of hydrogen-bond donors (Lipinski definition) is 1. The van der Waals surface area contributed by atoms with E-state index in [0.717, 1.165) is 11.4 Å². The number of carbonyl (C=O) groups is 1. The third kappa shape index (κ3) is 3.63. The second-order valence-electron chi connectivity index (χ2n) is 6.10. The van der Waals surface area contributed by atoms with Crippen LogP contribution < -0.4 is 10.1 Å². The maximum atomic E-state index is 12.7. The van der Waals surface area contributed by atoms with Crippen LogP contribution in [-0.4, -0.2) is 32.1 Å². The lowest BCUT2D eigenvalue weighted by molar-refractivity contribution is 0.102. The van der Waals surface area contributed by atoms with E-state index in [2.05, 4.69) is 34.3 Å². The highest BCUT2D eigenvalue weighted by Gasteiger charge is 2.20. The Kier molecular flexibility index (Phi) is 4.98. The van der Waals surface area contributed by atoms with Gasteiger partial charge < -0.3 is 4.74 Å². The zero-order chi connectivity index (χ0) is 18.0. The first-order valence-electron chi connectivity index (χ1n) is 8.23. The number of amides is 1. The average Bonchev–Trinajstić information content (AvgIpc) is 3.10. The van der Waals surface area contributed by atoms with Crippen molar-refractivity contribution in [2.45, 2.75) is 34.1 Å². The minimum absolute atomic E-state index is 0.258. The second kappa shape index (κ2) is 7.18. The largest absolute Gasteiger partial charge is 0.490 e. The number of fused-ring (bicyclic) bond motifs is 1. The Morgan fingerprint density at radius 1 is 1.40 bits per heavy atom.